The van der Waals surface area contributed by atoms with Gasteiger partial charge in [0.15, 0.2) is 0 Å². The average molecular weight is 560 g/mol. The number of morpholine rings is 1. The number of nitrogens with one attached hydrogen (secondary N) is 1. The quantitative estimate of drug-likeness (QED) is 0.452. The minimum absolute atomic E-state index is 0.154. The molecule has 0 aliphatic carbocycles. The number of aryl methyl sites for hydroxylation is 2. The zero-order valence-electron chi connectivity index (χ0n) is 23.4. The van der Waals surface area contributed by atoms with Gasteiger partial charge < -0.3 is 19.5 Å². The van der Waals surface area contributed by atoms with Crippen molar-refractivity contribution in [2.75, 3.05) is 53.1 Å². The van der Waals surface area contributed by atoms with Crippen LogP contribution in [0.15, 0.2) is 47.4 Å². The molecular formula is C29H41N3O6S. The smallest absolute Gasteiger partial charge is 0.249 e. The Balaban J connectivity index is 1.40. The minimum atomic E-state index is -3.73. The molecule has 0 spiro atoms. The van der Waals surface area contributed by atoms with Crippen LogP contribution in [0.3, 0.4) is 0 Å². The zero-order chi connectivity index (χ0) is 28.0. The maximum absolute atomic E-state index is 13.7. The van der Waals surface area contributed by atoms with Gasteiger partial charge in [0, 0.05) is 32.2 Å². The number of carbonyl (C=O) groups is 1. The summed E-state index contributed by atoms with van der Waals surface area (Å²) < 4.78 is 45.7. The van der Waals surface area contributed by atoms with Gasteiger partial charge in [0.1, 0.15) is 11.9 Å². The van der Waals surface area contributed by atoms with Crippen LogP contribution >= 0.6 is 0 Å². The molecule has 2 aliphatic heterocycles. The third kappa shape index (κ3) is 7.18. The Bertz CT molecular complexity index is 1190. The van der Waals surface area contributed by atoms with Crippen LogP contribution < -0.4 is 10.1 Å². The fraction of sp³-hybridized carbons (Fsp3) is 0.552. The molecule has 9 nitrogen and oxygen atoms in total. The van der Waals surface area contributed by atoms with Gasteiger partial charge in [-0.05, 0) is 62.4 Å². The second kappa shape index (κ2) is 13.2. The number of methoxy groups -OCH3 is 1. The number of rotatable bonds is 11. The van der Waals surface area contributed by atoms with Crippen molar-refractivity contribution in [1.82, 2.24) is 14.5 Å². The van der Waals surface area contributed by atoms with Gasteiger partial charge in [-0.2, -0.15) is 4.31 Å². The monoisotopic (exact) mass is 559 g/mol. The van der Waals surface area contributed by atoms with Crippen molar-refractivity contribution in [3.8, 4) is 5.75 Å². The topological polar surface area (TPSA) is 97.4 Å². The Morgan fingerprint density at radius 2 is 1.77 bits per heavy atom. The summed E-state index contributed by atoms with van der Waals surface area (Å²) in [5.74, 6) is 0.416. The maximum atomic E-state index is 13.7. The maximum Gasteiger partial charge on any atom is 0.249 e. The van der Waals surface area contributed by atoms with E-state index in [4.69, 9.17) is 14.2 Å². The van der Waals surface area contributed by atoms with Crippen LogP contribution in [0.5, 0.6) is 5.75 Å². The van der Waals surface area contributed by atoms with Crippen molar-refractivity contribution >= 4 is 15.9 Å². The molecule has 2 aromatic rings. The highest BCUT2D eigenvalue weighted by Crippen LogP contribution is 2.32. The third-order valence-electron chi connectivity index (χ3n) is 7.53. The highest BCUT2D eigenvalue weighted by Gasteiger charge is 2.37. The molecule has 0 bridgehead atoms. The molecule has 2 fully saturated rings. The van der Waals surface area contributed by atoms with Crippen molar-refractivity contribution in [3.05, 3.63) is 59.2 Å². The molecule has 1 N–H and O–H groups in total. The molecule has 2 aromatic carbocycles. The molecule has 3 unspecified atom stereocenters. The molecule has 0 radical (unpaired) electrons. The van der Waals surface area contributed by atoms with Crippen LogP contribution in [-0.2, 0) is 24.3 Å². The van der Waals surface area contributed by atoms with E-state index in [1.807, 2.05) is 30.3 Å². The number of hydrogen-bond donors (Lipinski definition) is 1. The first-order chi connectivity index (χ1) is 18.7. The third-order valence-corrected chi connectivity index (χ3v) is 9.79. The highest BCUT2D eigenvalue weighted by molar-refractivity contribution is 7.89. The Hall–Kier alpha value is -2.50. The SMILES string of the molecule is COc1cc(C)c(S(=O)(=O)N2CCCC2COC(C)C(=O)NC(CN2CCOCC2)c2ccccc2)c(C)c1. The summed E-state index contributed by atoms with van der Waals surface area (Å²) in [4.78, 5) is 15.8. The largest absolute Gasteiger partial charge is 0.497 e. The fourth-order valence-electron chi connectivity index (χ4n) is 5.43. The molecule has 0 saturated carbocycles. The van der Waals surface area contributed by atoms with Gasteiger partial charge in [-0.25, -0.2) is 8.42 Å². The van der Waals surface area contributed by atoms with Gasteiger partial charge in [0.2, 0.25) is 15.9 Å². The molecule has 1 amide bonds. The van der Waals surface area contributed by atoms with Gasteiger partial charge in [-0.1, -0.05) is 30.3 Å². The number of benzene rings is 2. The van der Waals surface area contributed by atoms with E-state index < -0.39 is 16.1 Å². The number of nitrogens with zero attached hydrogens (tertiary/aromatic N) is 2. The Morgan fingerprint density at radius 1 is 1.10 bits per heavy atom. The van der Waals surface area contributed by atoms with E-state index in [0.717, 1.165) is 25.1 Å². The predicted octanol–water partition coefficient (Wildman–Crippen LogP) is 3.06. The summed E-state index contributed by atoms with van der Waals surface area (Å²) in [6, 6.07) is 12.9. The lowest BCUT2D eigenvalue weighted by Gasteiger charge is -2.31. The van der Waals surface area contributed by atoms with Crippen LogP contribution in [0.1, 0.15) is 42.5 Å². The summed E-state index contributed by atoms with van der Waals surface area (Å²) >= 11 is 0. The van der Waals surface area contributed by atoms with Crippen LogP contribution in [0, 0.1) is 13.8 Å². The molecule has 3 atom stereocenters. The van der Waals surface area contributed by atoms with Crippen molar-refractivity contribution in [1.29, 1.82) is 0 Å². The fourth-order valence-corrected chi connectivity index (χ4v) is 7.52. The molecule has 2 aliphatic rings. The first kappa shape index (κ1) is 29.5. The lowest BCUT2D eigenvalue weighted by Crippen LogP contribution is -2.46. The van der Waals surface area contributed by atoms with Crippen molar-refractivity contribution < 1.29 is 27.4 Å². The van der Waals surface area contributed by atoms with E-state index in [0.29, 0.717) is 54.5 Å². The van der Waals surface area contributed by atoms with Crippen LogP contribution in [0.2, 0.25) is 0 Å². The van der Waals surface area contributed by atoms with Crippen LogP contribution in [0.25, 0.3) is 0 Å². The number of hydrogen-bond acceptors (Lipinski definition) is 7. The van der Waals surface area contributed by atoms with E-state index in [1.54, 1.807) is 40.0 Å². The van der Waals surface area contributed by atoms with E-state index >= 15 is 0 Å². The summed E-state index contributed by atoms with van der Waals surface area (Å²) in [7, 11) is -2.16. The average Bonchev–Trinajstić information content (AvgIpc) is 3.41. The Labute approximate surface area is 232 Å². The van der Waals surface area contributed by atoms with Crippen molar-refractivity contribution in [3.63, 3.8) is 0 Å². The van der Waals surface area contributed by atoms with E-state index in [-0.39, 0.29) is 24.6 Å². The zero-order valence-corrected chi connectivity index (χ0v) is 24.2. The first-order valence-corrected chi connectivity index (χ1v) is 15.1. The van der Waals surface area contributed by atoms with Gasteiger partial charge in [0.25, 0.3) is 0 Å². The first-order valence-electron chi connectivity index (χ1n) is 13.6. The Morgan fingerprint density at radius 3 is 2.41 bits per heavy atom. The summed E-state index contributed by atoms with van der Waals surface area (Å²) in [6.07, 6.45) is 0.707. The molecule has 214 valence electrons. The molecule has 4 rings (SSSR count). The highest BCUT2D eigenvalue weighted by atomic mass is 32.2. The van der Waals surface area contributed by atoms with Crippen molar-refractivity contribution in [2.24, 2.45) is 0 Å². The predicted molar refractivity (Wildman–Crippen MR) is 149 cm³/mol. The molecular weight excluding hydrogens is 518 g/mol. The summed E-state index contributed by atoms with van der Waals surface area (Å²) in [5.41, 5.74) is 2.33. The van der Waals surface area contributed by atoms with Crippen LogP contribution in [-0.4, -0.2) is 88.8 Å². The van der Waals surface area contributed by atoms with Gasteiger partial charge in [0.05, 0.1) is 37.9 Å². The van der Waals surface area contributed by atoms with Crippen LogP contribution in [0.4, 0.5) is 0 Å². The second-order valence-corrected chi connectivity index (χ2v) is 12.2. The van der Waals surface area contributed by atoms with Gasteiger partial charge in [-0.15, -0.1) is 0 Å². The number of sulfonamides is 1. The Kier molecular flexibility index (Phi) is 10.0. The molecule has 10 heteroatoms. The van der Waals surface area contributed by atoms with E-state index in [9.17, 15) is 13.2 Å². The number of ether oxygens (including phenoxy) is 3. The normalized spacial score (nSPS) is 20.5. The summed E-state index contributed by atoms with van der Waals surface area (Å²) in [6.45, 7) is 9.58. The van der Waals surface area contributed by atoms with Gasteiger partial charge in [-0.3, -0.25) is 9.69 Å². The lowest BCUT2D eigenvalue weighted by molar-refractivity contribution is -0.133. The molecule has 2 saturated heterocycles. The molecule has 2 heterocycles. The van der Waals surface area contributed by atoms with Crippen molar-refractivity contribution in [2.45, 2.75) is 56.7 Å². The second-order valence-electron chi connectivity index (χ2n) is 10.4. The number of amides is 1. The van der Waals surface area contributed by atoms with Gasteiger partial charge >= 0.3 is 0 Å². The standard InChI is InChI=1S/C29H41N3O6S/c1-21-17-26(36-4)18-22(2)28(21)39(34,35)32-12-8-11-25(32)20-38-23(3)29(33)30-27(24-9-6-5-7-10-24)19-31-13-15-37-16-14-31/h5-7,9-10,17-18,23,25,27H,8,11-16,19-20H2,1-4H3,(H,30,33). The summed E-state index contributed by atoms with van der Waals surface area (Å²) in [5, 5.41) is 3.16. The van der Waals surface area contributed by atoms with E-state index in [2.05, 4.69) is 10.2 Å². The molecule has 39 heavy (non-hydrogen) atoms. The lowest BCUT2D eigenvalue weighted by atomic mass is 10.1. The number of carbonyl (C=O) groups excluding carboxylic acids is 1. The minimum Gasteiger partial charge on any atom is -0.497 e. The van der Waals surface area contributed by atoms with E-state index in [1.165, 1.54) is 4.31 Å². The molecule has 0 aromatic heterocycles.